The maximum Gasteiger partial charge on any atom is 0.226 e. The van der Waals surface area contributed by atoms with Gasteiger partial charge in [0.1, 0.15) is 0 Å². The van der Waals surface area contributed by atoms with Crippen molar-refractivity contribution in [3.05, 3.63) is 0 Å². The highest BCUT2D eigenvalue weighted by atomic mass is 32.2. The van der Waals surface area contributed by atoms with Gasteiger partial charge in [-0.15, -0.1) is 0 Å². The minimum Gasteiger partial charge on any atom is -0.339 e. The summed E-state index contributed by atoms with van der Waals surface area (Å²) in [5, 5.41) is 0. The van der Waals surface area contributed by atoms with Crippen LogP contribution in [-0.4, -0.2) is 55.5 Å². The number of carbonyl (C=O) groups is 1. The number of likely N-dealkylation sites (tertiary alicyclic amines) is 1. The topological polar surface area (TPSA) is 57.7 Å². The lowest BCUT2D eigenvalue weighted by Crippen LogP contribution is -2.46. The number of piperidine rings is 1. The Morgan fingerprint density at radius 2 is 1.68 bits per heavy atom. The Balaban J connectivity index is 1.94. The van der Waals surface area contributed by atoms with Crippen LogP contribution >= 0.6 is 0 Å². The first-order chi connectivity index (χ1) is 10.1. The quantitative estimate of drug-likeness (QED) is 0.796. The minimum atomic E-state index is -3.12. The molecule has 1 unspecified atom stereocenters. The lowest BCUT2D eigenvalue weighted by atomic mass is 9.86. The van der Waals surface area contributed by atoms with Crippen molar-refractivity contribution in [2.75, 3.05) is 25.9 Å². The third-order valence-electron chi connectivity index (χ3n) is 4.78. The van der Waals surface area contributed by atoms with Crippen molar-refractivity contribution in [3.8, 4) is 0 Å². The van der Waals surface area contributed by atoms with Crippen LogP contribution in [0.2, 0.25) is 0 Å². The zero-order valence-corrected chi connectivity index (χ0v) is 15.2. The largest absolute Gasteiger partial charge is 0.339 e. The van der Waals surface area contributed by atoms with Crippen molar-refractivity contribution in [2.45, 2.75) is 58.9 Å². The molecule has 0 aromatic carbocycles. The Morgan fingerprint density at radius 3 is 2.18 bits per heavy atom. The van der Waals surface area contributed by atoms with Crippen LogP contribution in [0.5, 0.6) is 0 Å². The summed E-state index contributed by atoms with van der Waals surface area (Å²) in [5.74, 6) is 0.249. The number of carbonyl (C=O) groups excluding carboxylic acids is 1. The van der Waals surface area contributed by atoms with Gasteiger partial charge in [-0.2, -0.15) is 0 Å². The standard InChI is InChI=1S/C16H30N2O3S/c1-16(2,3)12-14-6-5-9-18(14)15(19)13-7-10-17(11-8-13)22(4,20)21/h13-14H,5-12H2,1-4H3. The molecule has 0 aromatic heterocycles. The number of hydrogen-bond donors (Lipinski definition) is 0. The van der Waals surface area contributed by atoms with E-state index < -0.39 is 10.0 Å². The molecule has 1 atom stereocenters. The zero-order chi connectivity index (χ0) is 16.5. The Morgan fingerprint density at radius 1 is 1.09 bits per heavy atom. The molecule has 0 aliphatic carbocycles. The molecule has 22 heavy (non-hydrogen) atoms. The molecule has 5 nitrogen and oxygen atoms in total. The summed E-state index contributed by atoms with van der Waals surface area (Å²) in [7, 11) is -3.12. The molecule has 1 amide bonds. The summed E-state index contributed by atoms with van der Waals surface area (Å²) < 4.78 is 24.6. The van der Waals surface area contributed by atoms with E-state index in [1.165, 1.54) is 10.6 Å². The van der Waals surface area contributed by atoms with Gasteiger partial charge in [0.2, 0.25) is 15.9 Å². The van der Waals surface area contributed by atoms with E-state index in [2.05, 4.69) is 25.7 Å². The second-order valence-corrected chi connectivity index (χ2v) is 10.0. The van der Waals surface area contributed by atoms with E-state index in [4.69, 9.17) is 0 Å². The maximum atomic E-state index is 12.8. The van der Waals surface area contributed by atoms with E-state index in [0.29, 0.717) is 32.0 Å². The normalized spacial score (nSPS) is 25.6. The number of rotatable bonds is 3. The molecule has 2 rings (SSSR count). The monoisotopic (exact) mass is 330 g/mol. The molecular formula is C16H30N2O3S. The van der Waals surface area contributed by atoms with Crippen molar-refractivity contribution in [1.29, 1.82) is 0 Å². The minimum absolute atomic E-state index is 0.00133. The van der Waals surface area contributed by atoms with E-state index in [1.54, 1.807) is 0 Å². The first-order valence-corrected chi connectivity index (χ1v) is 10.2. The van der Waals surface area contributed by atoms with Crippen molar-refractivity contribution >= 4 is 15.9 Å². The van der Waals surface area contributed by atoms with Crippen LogP contribution in [0.15, 0.2) is 0 Å². The molecule has 0 bridgehead atoms. The predicted molar refractivity (Wildman–Crippen MR) is 87.9 cm³/mol. The van der Waals surface area contributed by atoms with E-state index >= 15 is 0 Å². The summed E-state index contributed by atoms with van der Waals surface area (Å²) in [6.45, 7) is 8.49. The van der Waals surface area contributed by atoms with Gasteiger partial charge in [0, 0.05) is 31.6 Å². The smallest absolute Gasteiger partial charge is 0.226 e. The number of amides is 1. The number of sulfonamides is 1. The van der Waals surface area contributed by atoms with Gasteiger partial charge in [-0.1, -0.05) is 20.8 Å². The zero-order valence-electron chi connectivity index (χ0n) is 14.3. The van der Waals surface area contributed by atoms with Gasteiger partial charge in [0.25, 0.3) is 0 Å². The fraction of sp³-hybridized carbons (Fsp3) is 0.938. The third-order valence-corrected chi connectivity index (χ3v) is 6.08. The summed E-state index contributed by atoms with van der Waals surface area (Å²) in [6.07, 6.45) is 5.80. The summed E-state index contributed by atoms with van der Waals surface area (Å²) >= 11 is 0. The molecule has 2 fully saturated rings. The fourth-order valence-corrected chi connectivity index (χ4v) is 4.59. The third kappa shape index (κ3) is 4.44. The summed E-state index contributed by atoms with van der Waals surface area (Å²) in [4.78, 5) is 14.9. The predicted octanol–water partition coefficient (Wildman–Crippen LogP) is 2.09. The van der Waals surface area contributed by atoms with Crippen LogP contribution in [0, 0.1) is 11.3 Å². The molecule has 128 valence electrons. The van der Waals surface area contributed by atoms with Crippen molar-refractivity contribution in [2.24, 2.45) is 11.3 Å². The Labute approximate surface area is 135 Å². The van der Waals surface area contributed by atoms with Gasteiger partial charge >= 0.3 is 0 Å². The Kier molecular flexibility index (Phi) is 5.22. The van der Waals surface area contributed by atoms with Crippen LogP contribution in [-0.2, 0) is 14.8 Å². The maximum absolute atomic E-state index is 12.8. The SMILES string of the molecule is CC(C)(C)CC1CCCN1C(=O)C1CCN(S(C)(=O)=O)CC1. The summed E-state index contributed by atoms with van der Waals surface area (Å²) in [5.41, 5.74) is 0.229. The van der Waals surface area contributed by atoms with E-state index in [0.717, 1.165) is 25.8 Å². The molecule has 0 radical (unpaired) electrons. The van der Waals surface area contributed by atoms with Crippen LogP contribution in [0.25, 0.3) is 0 Å². The van der Waals surface area contributed by atoms with Gasteiger partial charge in [-0.3, -0.25) is 4.79 Å². The number of hydrogen-bond acceptors (Lipinski definition) is 3. The molecule has 2 aliphatic rings. The van der Waals surface area contributed by atoms with Crippen LogP contribution in [0.4, 0.5) is 0 Å². The van der Waals surface area contributed by atoms with Gasteiger partial charge in [-0.25, -0.2) is 12.7 Å². The van der Waals surface area contributed by atoms with Gasteiger partial charge in [0.05, 0.1) is 6.26 Å². The average Bonchev–Trinajstić information content (AvgIpc) is 2.83. The van der Waals surface area contributed by atoms with E-state index in [1.807, 2.05) is 0 Å². The highest BCUT2D eigenvalue weighted by Crippen LogP contribution is 2.32. The highest BCUT2D eigenvalue weighted by molar-refractivity contribution is 7.88. The van der Waals surface area contributed by atoms with Crippen LogP contribution in [0.1, 0.15) is 52.9 Å². The molecule has 2 saturated heterocycles. The van der Waals surface area contributed by atoms with Crippen LogP contribution in [0.3, 0.4) is 0 Å². The summed E-state index contributed by atoms with van der Waals surface area (Å²) in [6, 6.07) is 0.362. The second-order valence-electron chi connectivity index (χ2n) is 8.03. The fourth-order valence-electron chi connectivity index (χ4n) is 3.71. The molecule has 0 saturated carbocycles. The second kappa shape index (κ2) is 6.48. The van der Waals surface area contributed by atoms with Crippen molar-refractivity contribution in [1.82, 2.24) is 9.21 Å². The molecule has 0 aromatic rings. The van der Waals surface area contributed by atoms with Gasteiger partial charge in [0.15, 0.2) is 0 Å². The molecule has 0 spiro atoms. The first kappa shape index (κ1) is 17.7. The Bertz CT molecular complexity index is 502. The molecule has 6 heteroatoms. The van der Waals surface area contributed by atoms with E-state index in [9.17, 15) is 13.2 Å². The number of nitrogens with zero attached hydrogens (tertiary/aromatic N) is 2. The molecule has 2 heterocycles. The lowest BCUT2D eigenvalue weighted by Gasteiger charge is -2.35. The average molecular weight is 330 g/mol. The Hall–Kier alpha value is -0.620. The molecule has 0 N–H and O–H groups in total. The molecule has 2 aliphatic heterocycles. The van der Waals surface area contributed by atoms with E-state index in [-0.39, 0.29) is 17.2 Å². The molecular weight excluding hydrogens is 300 g/mol. The lowest BCUT2D eigenvalue weighted by molar-refractivity contribution is -0.138. The first-order valence-electron chi connectivity index (χ1n) is 8.33. The van der Waals surface area contributed by atoms with Crippen LogP contribution < -0.4 is 0 Å². The highest BCUT2D eigenvalue weighted by Gasteiger charge is 2.37. The van der Waals surface area contributed by atoms with Gasteiger partial charge < -0.3 is 4.90 Å². The van der Waals surface area contributed by atoms with Crippen molar-refractivity contribution < 1.29 is 13.2 Å². The van der Waals surface area contributed by atoms with Gasteiger partial charge in [-0.05, 0) is 37.5 Å². The van der Waals surface area contributed by atoms with Crippen molar-refractivity contribution in [3.63, 3.8) is 0 Å².